The van der Waals surface area contributed by atoms with E-state index < -0.39 is 5.97 Å². The summed E-state index contributed by atoms with van der Waals surface area (Å²) in [6, 6.07) is 15.4. The predicted octanol–water partition coefficient (Wildman–Crippen LogP) is 6.86. The predicted molar refractivity (Wildman–Crippen MR) is 112 cm³/mol. The average Bonchev–Trinajstić information content (AvgIpc) is 2.70. The number of aliphatic carboxylic acids is 1. The summed E-state index contributed by atoms with van der Waals surface area (Å²) in [5.41, 5.74) is 2.90. The fraction of sp³-hybridized carbons (Fsp3) is 0.435. The normalized spacial score (nSPS) is 11.0. The van der Waals surface area contributed by atoms with E-state index in [9.17, 15) is 4.79 Å². The zero-order chi connectivity index (χ0) is 20.0. The first-order chi connectivity index (χ1) is 13.7. The van der Waals surface area contributed by atoms with Gasteiger partial charge in [-0.3, -0.25) is 4.79 Å². The average molecular weight is 383 g/mol. The molecule has 2 aromatic carbocycles. The summed E-state index contributed by atoms with van der Waals surface area (Å²) in [6.45, 7) is 2.40. The van der Waals surface area contributed by atoms with Crippen molar-refractivity contribution >= 4 is 17.3 Å². The van der Waals surface area contributed by atoms with Gasteiger partial charge >= 0.3 is 5.97 Å². The van der Waals surface area contributed by atoms with Crippen LogP contribution >= 0.6 is 0 Å². The third kappa shape index (κ3) is 8.80. The lowest BCUT2D eigenvalue weighted by Gasteiger charge is -2.04. The van der Waals surface area contributed by atoms with Gasteiger partial charge < -0.3 is 9.84 Å². The molecule has 150 valence electrons. The fourth-order valence-electron chi connectivity index (χ4n) is 2.82. The molecule has 0 fully saturated rings. The molecule has 2 rings (SSSR count). The van der Waals surface area contributed by atoms with Gasteiger partial charge in [-0.15, -0.1) is 0 Å². The van der Waals surface area contributed by atoms with E-state index in [4.69, 9.17) is 9.84 Å². The maximum absolute atomic E-state index is 10.5. The first-order valence-electron chi connectivity index (χ1n) is 10.1. The minimum absolute atomic E-state index is 0.0175. The monoisotopic (exact) mass is 382 g/mol. The van der Waals surface area contributed by atoms with Gasteiger partial charge in [0.25, 0.3) is 0 Å². The molecule has 2 aromatic rings. The first kappa shape index (κ1) is 21.6. The van der Waals surface area contributed by atoms with Gasteiger partial charge in [0, 0.05) is 0 Å². The second kappa shape index (κ2) is 12.7. The number of benzene rings is 2. The van der Waals surface area contributed by atoms with Crippen LogP contribution in [0.4, 0.5) is 11.4 Å². The van der Waals surface area contributed by atoms with Crippen LogP contribution < -0.4 is 4.74 Å². The molecule has 0 aliphatic carbocycles. The van der Waals surface area contributed by atoms with Gasteiger partial charge in [-0.25, -0.2) is 0 Å². The minimum atomic E-state index is -0.872. The number of aryl methyl sites for hydroxylation is 1. The maximum Gasteiger partial charge on any atom is 0.306 e. The van der Waals surface area contributed by atoms with Gasteiger partial charge in [-0.1, -0.05) is 51.2 Å². The van der Waals surface area contributed by atoms with Gasteiger partial charge in [-0.2, -0.15) is 10.2 Å². The molecule has 0 heterocycles. The molecule has 0 saturated carbocycles. The Morgan fingerprint density at radius 3 is 2.04 bits per heavy atom. The molecule has 5 nitrogen and oxygen atoms in total. The van der Waals surface area contributed by atoms with Crippen LogP contribution in [-0.2, 0) is 11.2 Å². The molecule has 0 atom stereocenters. The number of unbranched alkanes of at least 4 members (excludes halogenated alkanes) is 5. The van der Waals surface area contributed by atoms with E-state index in [1.165, 1.54) is 44.1 Å². The van der Waals surface area contributed by atoms with Crippen molar-refractivity contribution in [3.63, 3.8) is 0 Å². The molecule has 28 heavy (non-hydrogen) atoms. The summed E-state index contributed by atoms with van der Waals surface area (Å²) in [4.78, 5) is 10.5. The Morgan fingerprint density at radius 2 is 1.43 bits per heavy atom. The van der Waals surface area contributed by atoms with Crippen LogP contribution in [0.25, 0.3) is 0 Å². The lowest BCUT2D eigenvalue weighted by molar-refractivity contribution is -0.137. The summed E-state index contributed by atoms with van der Waals surface area (Å²) >= 11 is 0. The highest BCUT2D eigenvalue weighted by atomic mass is 16.5. The summed E-state index contributed by atoms with van der Waals surface area (Å²) in [5.74, 6) is -0.248. The van der Waals surface area contributed by atoms with E-state index in [1.807, 2.05) is 12.1 Å². The zero-order valence-corrected chi connectivity index (χ0v) is 16.6. The summed E-state index contributed by atoms with van der Waals surface area (Å²) in [5, 5.41) is 17.1. The van der Waals surface area contributed by atoms with Gasteiger partial charge in [-0.05, 0) is 54.8 Å². The van der Waals surface area contributed by atoms with Crippen molar-refractivity contribution in [3.8, 4) is 5.75 Å². The van der Waals surface area contributed by atoms with Crippen LogP contribution in [0.1, 0.15) is 57.4 Å². The van der Waals surface area contributed by atoms with Crippen LogP contribution in [0, 0.1) is 0 Å². The van der Waals surface area contributed by atoms with Crippen molar-refractivity contribution in [2.75, 3.05) is 6.61 Å². The molecule has 0 unspecified atom stereocenters. The largest absolute Gasteiger partial charge is 0.493 e. The Hall–Kier alpha value is -2.69. The van der Waals surface area contributed by atoms with Crippen molar-refractivity contribution in [2.24, 2.45) is 10.2 Å². The van der Waals surface area contributed by atoms with Gasteiger partial charge in [0.1, 0.15) is 5.75 Å². The van der Waals surface area contributed by atoms with Crippen LogP contribution in [0.3, 0.4) is 0 Å². The lowest BCUT2D eigenvalue weighted by atomic mass is 10.0. The molecule has 0 saturated heterocycles. The van der Waals surface area contributed by atoms with Gasteiger partial charge in [0.15, 0.2) is 0 Å². The van der Waals surface area contributed by atoms with Crippen molar-refractivity contribution in [1.29, 1.82) is 0 Å². The van der Waals surface area contributed by atoms with Crippen LogP contribution in [0.5, 0.6) is 5.75 Å². The number of ether oxygens (including phenoxy) is 1. The van der Waals surface area contributed by atoms with E-state index in [1.54, 1.807) is 24.3 Å². The summed E-state index contributed by atoms with van der Waals surface area (Å²) in [7, 11) is 0. The van der Waals surface area contributed by atoms with Crippen molar-refractivity contribution < 1.29 is 14.6 Å². The van der Waals surface area contributed by atoms with Crippen LogP contribution in [0.2, 0.25) is 0 Å². The molecule has 0 spiro atoms. The summed E-state index contributed by atoms with van der Waals surface area (Å²) in [6.07, 6.45) is 8.97. The van der Waals surface area contributed by atoms with E-state index >= 15 is 0 Å². The SMILES string of the molecule is CCCCCCCCc1ccc(N=Nc2ccc(OCCC(=O)O)cc2)cc1. The Morgan fingerprint density at radius 1 is 0.857 bits per heavy atom. The van der Waals surface area contributed by atoms with Crippen molar-refractivity contribution in [3.05, 3.63) is 54.1 Å². The van der Waals surface area contributed by atoms with E-state index in [2.05, 4.69) is 29.3 Å². The fourth-order valence-corrected chi connectivity index (χ4v) is 2.82. The number of hydrogen-bond donors (Lipinski definition) is 1. The second-order valence-electron chi connectivity index (χ2n) is 6.87. The Balaban J connectivity index is 1.75. The van der Waals surface area contributed by atoms with Crippen molar-refractivity contribution in [2.45, 2.75) is 58.3 Å². The Labute approximate surface area is 167 Å². The Bertz CT molecular complexity index is 725. The second-order valence-corrected chi connectivity index (χ2v) is 6.87. The van der Waals surface area contributed by atoms with E-state index in [-0.39, 0.29) is 13.0 Å². The molecular formula is C23H30N2O3. The highest BCUT2D eigenvalue weighted by Gasteiger charge is 1.99. The third-order valence-corrected chi connectivity index (χ3v) is 4.46. The molecule has 0 aromatic heterocycles. The quantitative estimate of drug-likeness (QED) is 0.304. The third-order valence-electron chi connectivity index (χ3n) is 4.46. The lowest BCUT2D eigenvalue weighted by Crippen LogP contribution is -2.04. The van der Waals surface area contributed by atoms with Gasteiger partial charge in [0.05, 0.1) is 24.4 Å². The van der Waals surface area contributed by atoms with E-state index in [0.29, 0.717) is 5.75 Å². The molecular weight excluding hydrogens is 352 g/mol. The summed E-state index contributed by atoms with van der Waals surface area (Å²) < 4.78 is 5.35. The number of azo groups is 1. The highest BCUT2D eigenvalue weighted by Crippen LogP contribution is 2.22. The van der Waals surface area contributed by atoms with Crippen LogP contribution in [0.15, 0.2) is 58.8 Å². The standard InChI is InChI=1S/C23H30N2O3/c1-2-3-4-5-6-7-8-19-9-11-20(12-10-19)24-25-21-13-15-22(16-14-21)28-18-17-23(26)27/h9-16H,2-8,17-18H2,1H3,(H,26,27). The molecule has 0 aliphatic rings. The number of rotatable bonds is 13. The zero-order valence-electron chi connectivity index (χ0n) is 16.6. The Kier molecular flexibility index (Phi) is 9.76. The van der Waals surface area contributed by atoms with E-state index in [0.717, 1.165) is 17.8 Å². The number of hydrogen-bond acceptors (Lipinski definition) is 4. The maximum atomic E-state index is 10.5. The highest BCUT2D eigenvalue weighted by molar-refractivity contribution is 5.66. The number of nitrogens with zero attached hydrogens (tertiary/aromatic N) is 2. The number of carboxylic acid groups (broad SMARTS) is 1. The molecule has 0 amide bonds. The minimum Gasteiger partial charge on any atom is -0.493 e. The molecule has 0 radical (unpaired) electrons. The smallest absolute Gasteiger partial charge is 0.306 e. The first-order valence-corrected chi connectivity index (χ1v) is 10.1. The molecule has 0 bridgehead atoms. The number of carbonyl (C=O) groups is 1. The molecule has 1 N–H and O–H groups in total. The number of carboxylic acids is 1. The molecule has 0 aliphatic heterocycles. The van der Waals surface area contributed by atoms with Crippen molar-refractivity contribution in [1.82, 2.24) is 0 Å². The topological polar surface area (TPSA) is 71.2 Å². The van der Waals surface area contributed by atoms with Gasteiger partial charge in [0.2, 0.25) is 0 Å². The van der Waals surface area contributed by atoms with Crippen LogP contribution in [-0.4, -0.2) is 17.7 Å². The molecule has 5 heteroatoms.